The maximum Gasteiger partial charge on any atom is 0.213 e. The summed E-state index contributed by atoms with van der Waals surface area (Å²) in [6.07, 6.45) is 4.14. The van der Waals surface area contributed by atoms with Crippen molar-refractivity contribution < 1.29 is 9.47 Å². The van der Waals surface area contributed by atoms with Crippen LogP contribution in [0.25, 0.3) is 0 Å². The number of nitrogens with zero attached hydrogens (tertiary/aromatic N) is 3. The van der Waals surface area contributed by atoms with E-state index in [1.165, 1.54) is 6.42 Å². The van der Waals surface area contributed by atoms with Crippen molar-refractivity contribution >= 4 is 29.9 Å². The van der Waals surface area contributed by atoms with Crippen molar-refractivity contribution in [1.29, 1.82) is 0 Å². The Morgan fingerprint density at radius 3 is 2.87 bits per heavy atom. The van der Waals surface area contributed by atoms with Gasteiger partial charge in [-0.05, 0) is 37.0 Å². The summed E-state index contributed by atoms with van der Waals surface area (Å²) in [5, 5.41) is 3.45. The molecule has 1 unspecified atom stereocenters. The van der Waals surface area contributed by atoms with Crippen LogP contribution in [-0.4, -0.2) is 48.7 Å². The van der Waals surface area contributed by atoms with Gasteiger partial charge in [0.2, 0.25) is 5.88 Å². The zero-order valence-electron chi connectivity index (χ0n) is 17.5. The molecule has 1 atom stereocenters. The Morgan fingerprint density at radius 1 is 1.23 bits per heavy atom. The molecule has 2 aliphatic heterocycles. The summed E-state index contributed by atoms with van der Waals surface area (Å²) in [6.45, 7) is 7.94. The monoisotopic (exact) mass is 522 g/mol. The molecule has 1 spiro atoms. The van der Waals surface area contributed by atoms with Gasteiger partial charge in [-0.2, -0.15) is 0 Å². The van der Waals surface area contributed by atoms with Crippen molar-refractivity contribution in [1.82, 2.24) is 15.2 Å². The number of rotatable bonds is 6. The van der Waals surface area contributed by atoms with Crippen molar-refractivity contribution in [3.8, 4) is 5.88 Å². The molecule has 1 N–H and O–H groups in total. The fraction of sp³-hybridized carbons (Fsp3) is 0.478. The van der Waals surface area contributed by atoms with E-state index in [1.54, 1.807) is 6.20 Å². The van der Waals surface area contributed by atoms with Crippen LogP contribution in [0.3, 0.4) is 0 Å². The van der Waals surface area contributed by atoms with Crippen molar-refractivity contribution in [2.75, 3.05) is 32.8 Å². The zero-order valence-corrected chi connectivity index (χ0v) is 19.9. The second-order valence-corrected chi connectivity index (χ2v) is 7.92. The summed E-state index contributed by atoms with van der Waals surface area (Å²) >= 11 is 0. The topological polar surface area (TPSA) is 59.0 Å². The van der Waals surface area contributed by atoms with E-state index in [9.17, 15) is 0 Å². The molecule has 7 heteroatoms. The standard InChI is InChI=1S/C23H30N4O2.HI/c1-2-24-22(27-12-9-23(17-27)10-13-28-18-23)26-15-20-8-11-25-21(14-20)29-16-19-6-4-3-5-7-19;/h3-8,11,14H,2,9-10,12-13,15-18H2,1H3,(H,24,26);1H. The molecule has 2 aromatic rings. The summed E-state index contributed by atoms with van der Waals surface area (Å²) in [5.41, 5.74) is 2.55. The normalized spacial score (nSPS) is 21.0. The molecule has 2 fully saturated rings. The van der Waals surface area contributed by atoms with Gasteiger partial charge in [0.05, 0.1) is 13.2 Å². The van der Waals surface area contributed by atoms with E-state index in [2.05, 4.69) is 34.3 Å². The Bertz CT molecular complexity index is 825. The van der Waals surface area contributed by atoms with Crippen LogP contribution in [0.4, 0.5) is 0 Å². The van der Waals surface area contributed by atoms with E-state index in [1.807, 2.05) is 30.3 Å². The summed E-state index contributed by atoms with van der Waals surface area (Å²) in [4.78, 5) is 11.6. The van der Waals surface area contributed by atoms with Gasteiger partial charge < -0.3 is 19.7 Å². The molecule has 0 saturated carbocycles. The molecular formula is C23H31IN4O2. The minimum atomic E-state index is 0. The third kappa shape index (κ3) is 5.85. The van der Waals surface area contributed by atoms with Crippen molar-refractivity contribution in [2.24, 2.45) is 10.4 Å². The van der Waals surface area contributed by atoms with Crippen LogP contribution in [0.1, 0.15) is 30.9 Å². The number of pyridine rings is 1. The summed E-state index contributed by atoms with van der Waals surface area (Å²) in [7, 11) is 0. The van der Waals surface area contributed by atoms with Gasteiger partial charge in [-0.25, -0.2) is 9.98 Å². The third-order valence-electron chi connectivity index (χ3n) is 5.70. The van der Waals surface area contributed by atoms with E-state index in [0.717, 1.165) is 56.4 Å². The highest BCUT2D eigenvalue weighted by molar-refractivity contribution is 14.0. The predicted octanol–water partition coefficient (Wildman–Crippen LogP) is 3.86. The molecule has 0 radical (unpaired) electrons. The van der Waals surface area contributed by atoms with Gasteiger partial charge in [0.15, 0.2) is 5.96 Å². The lowest BCUT2D eigenvalue weighted by atomic mass is 9.87. The van der Waals surface area contributed by atoms with Crippen molar-refractivity contribution in [2.45, 2.75) is 32.9 Å². The third-order valence-corrected chi connectivity index (χ3v) is 5.70. The molecule has 6 nitrogen and oxygen atoms in total. The van der Waals surface area contributed by atoms with E-state index >= 15 is 0 Å². The van der Waals surface area contributed by atoms with Gasteiger partial charge in [-0.15, -0.1) is 24.0 Å². The number of ether oxygens (including phenoxy) is 2. The average Bonchev–Trinajstić information content (AvgIpc) is 3.40. The fourth-order valence-corrected chi connectivity index (χ4v) is 4.04. The minimum absolute atomic E-state index is 0. The molecule has 0 aliphatic carbocycles. The molecule has 0 bridgehead atoms. The number of hydrogen-bond acceptors (Lipinski definition) is 4. The van der Waals surface area contributed by atoms with Crippen LogP contribution in [-0.2, 0) is 17.9 Å². The molecule has 30 heavy (non-hydrogen) atoms. The Kier molecular flexibility index (Phi) is 8.32. The first kappa shape index (κ1) is 22.8. The number of benzene rings is 1. The van der Waals surface area contributed by atoms with Crippen LogP contribution in [0, 0.1) is 5.41 Å². The SMILES string of the molecule is CCNC(=NCc1ccnc(OCc2ccccc2)c1)N1CCC2(CCOC2)C1.I. The molecule has 1 aromatic heterocycles. The Hall–Kier alpha value is -1.87. The van der Waals surface area contributed by atoms with Crippen LogP contribution in [0.2, 0.25) is 0 Å². The highest BCUT2D eigenvalue weighted by Crippen LogP contribution is 2.38. The van der Waals surface area contributed by atoms with E-state index < -0.39 is 0 Å². The van der Waals surface area contributed by atoms with Crippen molar-refractivity contribution in [3.63, 3.8) is 0 Å². The highest BCUT2D eigenvalue weighted by Gasteiger charge is 2.42. The zero-order chi connectivity index (χ0) is 19.9. The molecule has 2 aliphatic rings. The summed E-state index contributed by atoms with van der Waals surface area (Å²) < 4.78 is 11.5. The lowest BCUT2D eigenvalue weighted by molar-refractivity contribution is 0.156. The van der Waals surface area contributed by atoms with Crippen LogP contribution in [0.5, 0.6) is 5.88 Å². The number of nitrogens with one attached hydrogen (secondary N) is 1. The van der Waals surface area contributed by atoms with E-state index in [-0.39, 0.29) is 24.0 Å². The largest absolute Gasteiger partial charge is 0.473 e. The number of hydrogen-bond donors (Lipinski definition) is 1. The molecule has 3 heterocycles. The van der Waals surface area contributed by atoms with E-state index in [4.69, 9.17) is 14.5 Å². The fourth-order valence-electron chi connectivity index (χ4n) is 4.04. The molecule has 0 amide bonds. The first-order chi connectivity index (χ1) is 14.3. The van der Waals surface area contributed by atoms with Gasteiger partial charge >= 0.3 is 0 Å². The predicted molar refractivity (Wildman–Crippen MR) is 129 cm³/mol. The number of aromatic nitrogens is 1. The van der Waals surface area contributed by atoms with Crippen LogP contribution in [0.15, 0.2) is 53.7 Å². The van der Waals surface area contributed by atoms with Crippen molar-refractivity contribution in [3.05, 3.63) is 59.8 Å². The van der Waals surface area contributed by atoms with Gasteiger partial charge in [0.25, 0.3) is 0 Å². The molecule has 1 aromatic carbocycles. The molecule has 162 valence electrons. The molecule has 4 rings (SSSR count). The number of guanidine groups is 1. The van der Waals surface area contributed by atoms with Gasteiger partial charge in [-0.1, -0.05) is 30.3 Å². The summed E-state index contributed by atoms with van der Waals surface area (Å²) in [5.74, 6) is 1.62. The maximum absolute atomic E-state index is 5.85. The van der Waals surface area contributed by atoms with Crippen LogP contribution < -0.4 is 10.1 Å². The van der Waals surface area contributed by atoms with E-state index in [0.29, 0.717) is 24.4 Å². The highest BCUT2D eigenvalue weighted by atomic mass is 127. The smallest absolute Gasteiger partial charge is 0.213 e. The number of likely N-dealkylation sites (tertiary alicyclic amines) is 1. The number of aliphatic imine (C=N–C) groups is 1. The Labute approximate surface area is 196 Å². The molecule has 2 saturated heterocycles. The lowest BCUT2D eigenvalue weighted by Gasteiger charge is -2.25. The first-order valence-electron chi connectivity index (χ1n) is 10.5. The average molecular weight is 522 g/mol. The van der Waals surface area contributed by atoms with Crippen LogP contribution >= 0.6 is 24.0 Å². The molecular weight excluding hydrogens is 491 g/mol. The lowest BCUT2D eigenvalue weighted by Crippen LogP contribution is -2.41. The first-order valence-corrected chi connectivity index (χ1v) is 10.5. The Morgan fingerprint density at radius 2 is 2.10 bits per heavy atom. The van der Waals surface area contributed by atoms with Gasteiger partial charge in [0.1, 0.15) is 6.61 Å². The Balaban J connectivity index is 0.00000256. The van der Waals surface area contributed by atoms with Gasteiger partial charge in [0, 0.05) is 43.9 Å². The number of halogens is 1. The quantitative estimate of drug-likeness (QED) is 0.355. The minimum Gasteiger partial charge on any atom is -0.473 e. The maximum atomic E-state index is 5.85. The van der Waals surface area contributed by atoms with Gasteiger partial charge in [-0.3, -0.25) is 0 Å². The second-order valence-electron chi connectivity index (χ2n) is 7.92. The second kappa shape index (κ2) is 10.9. The summed E-state index contributed by atoms with van der Waals surface area (Å²) in [6, 6.07) is 14.1.